The van der Waals surface area contributed by atoms with Gasteiger partial charge in [0.1, 0.15) is 11.6 Å². The first-order valence-electron chi connectivity index (χ1n) is 6.39. The van der Waals surface area contributed by atoms with Gasteiger partial charge in [-0.1, -0.05) is 29.3 Å². The lowest BCUT2D eigenvalue weighted by Gasteiger charge is -2.11. The molecule has 0 unspecified atom stereocenters. The molecule has 118 valence electrons. The Labute approximate surface area is 143 Å². The Morgan fingerprint density at radius 1 is 1.22 bits per heavy atom. The Morgan fingerprint density at radius 2 is 1.91 bits per heavy atom. The Kier molecular flexibility index (Phi) is 4.04. The summed E-state index contributed by atoms with van der Waals surface area (Å²) in [6, 6.07) is 5.58. The van der Waals surface area contributed by atoms with E-state index in [2.05, 4.69) is 0 Å². The summed E-state index contributed by atoms with van der Waals surface area (Å²) < 4.78 is 29.0. The van der Waals surface area contributed by atoms with E-state index in [-0.39, 0.29) is 26.6 Å². The molecule has 0 atom stereocenters. The summed E-state index contributed by atoms with van der Waals surface area (Å²) in [6.45, 7) is 1.33. The predicted octanol–water partition coefficient (Wildman–Crippen LogP) is 4.83. The summed E-state index contributed by atoms with van der Waals surface area (Å²) in [5, 5.41) is 12.0. The van der Waals surface area contributed by atoms with E-state index in [0.717, 1.165) is 17.4 Å². The van der Waals surface area contributed by atoms with E-state index in [0.29, 0.717) is 15.1 Å². The zero-order valence-electron chi connectivity index (χ0n) is 11.5. The minimum absolute atomic E-state index is 0.0674. The van der Waals surface area contributed by atoms with Crippen molar-refractivity contribution >= 4 is 50.6 Å². The lowest BCUT2D eigenvalue weighted by Crippen LogP contribution is -2.21. The molecule has 2 aromatic carbocycles. The fraction of sp³-hybridized carbons (Fsp3) is 0.0625. The van der Waals surface area contributed by atoms with Crippen LogP contribution in [0.1, 0.15) is 15.2 Å². The number of hydrogen-bond acceptors (Lipinski definition) is 3. The smallest absolute Gasteiger partial charge is 0.142 e. The maximum Gasteiger partial charge on any atom is 0.142 e. The molecule has 23 heavy (non-hydrogen) atoms. The second-order valence-electron chi connectivity index (χ2n) is 4.89. The molecule has 0 bridgehead atoms. The monoisotopic (exact) mass is 371 g/mol. The van der Waals surface area contributed by atoms with Gasteiger partial charge in [-0.25, -0.2) is 8.78 Å². The van der Waals surface area contributed by atoms with Crippen LogP contribution in [-0.2, 0) is 0 Å². The van der Waals surface area contributed by atoms with Crippen molar-refractivity contribution in [3.63, 3.8) is 0 Å². The van der Waals surface area contributed by atoms with Gasteiger partial charge >= 0.3 is 0 Å². The molecule has 0 aliphatic carbocycles. The maximum atomic E-state index is 14.6. The van der Waals surface area contributed by atoms with Crippen LogP contribution in [0.4, 0.5) is 8.78 Å². The molecular weight excluding hydrogens is 365 g/mol. The number of carbonyl (C=O) groups excluding carboxylic acids is 1. The minimum Gasteiger partial charge on any atom is -0.544 e. The molecule has 0 fully saturated rings. The molecule has 2 nitrogen and oxygen atoms in total. The fourth-order valence-electron chi connectivity index (χ4n) is 2.39. The first-order valence-corrected chi connectivity index (χ1v) is 7.96. The van der Waals surface area contributed by atoms with Crippen LogP contribution in [0.25, 0.3) is 21.2 Å². The van der Waals surface area contributed by atoms with E-state index >= 15 is 0 Å². The van der Waals surface area contributed by atoms with Crippen LogP contribution in [0.5, 0.6) is 0 Å². The zero-order valence-corrected chi connectivity index (χ0v) is 13.9. The summed E-state index contributed by atoms with van der Waals surface area (Å²) in [6.07, 6.45) is 0. The molecular formula is C16H7Cl2F2O2S-. The molecule has 0 aliphatic heterocycles. The highest BCUT2D eigenvalue weighted by Gasteiger charge is 2.22. The van der Waals surface area contributed by atoms with Crippen LogP contribution in [0.15, 0.2) is 24.3 Å². The van der Waals surface area contributed by atoms with E-state index in [9.17, 15) is 18.7 Å². The highest BCUT2D eigenvalue weighted by atomic mass is 35.5. The summed E-state index contributed by atoms with van der Waals surface area (Å²) in [5.74, 6) is -3.06. The average molecular weight is 372 g/mol. The molecule has 7 heteroatoms. The van der Waals surface area contributed by atoms with Crippen LogP contribution >= 0.6 is 34.5 Å². The molecule has 0 spiro atoms. The van der Waals surface area contributed by atoms with Crippen molar-refractivity contribution in [2.75, 3.05) is 0 Å². The van der Waals surface area contributed by atoms with Crippen molar-refractivity contribution in [3.05, 3.63) is 56.4 Å². The number of hydrogen-bond donors (Lipinski definition) is 0. The van der Waals surface area contributed by atoms with Gasteiger partial charge in [-0.15, -0.1) is 11.3 Å². The molecule has 3 aromatic rings. The Morgan fingerprint density at radius 3 is 2.57 bits per heavy atom. The van der Waals surface area contributed by atoms with Gasteiger partial charge in [-0.05, 0) is 25.1 Å². The molecule has 0 saturated heterocycles. The van der Waals surface area contributed by atoms with Crippen LogP contribution in [0.2, 0.25) is 10.0 Å². The lowest BCUT2D eigenvalue weighted by atomic mass is 9.99. The van der Waals surface area contributed by atoms with Crippen molar-refractivity contribution < 1.29 is 18.7 Å². The molecule has 0 N–H and O–H groups in total. The van der Waals surface area contributed by atoms with Gasteiger partial charge in [0.25, 0.3) is 0 Å². The second kappa shape index (κ2) is 5.74. The van der Waals surface area contributed by atoms with Crippen molar-refractivity contribution in [1.82, 2.24) is 0 Å². The molecule has 1 aromatic heterocycles. The highest BCUT2D eigenvalue weighted by molar-refractivity contribution is 7.21. The Balaban J connectivity index is 2.45. The van der Waals surface area contributed by atoms with Crippen molar-refractivity contribution in [2.24, 2.45) is 0 Å². The number of halogens is 4. The number of benzene rings is 2. The third kappa shape index (κ3) is 2.59. The molecule has 0 radical (unpaired) electrons. The van der Waals surface area contributed by atoms with Gasteiger partial charge in [-0.2, -0.15) is 0 Å². The van der Waals surface area contributed by atoms with E-state index in [1.807, 2.05) is 0 Å². The highest BCUT2D eigenvalue weighted by Crippen LogP contribution is 2.42. The molecule has 3 rings (SSSR count). The first-order chi connectivity index (χ1) is 10.8. The first kappa shape index (κ1) is 16.2. The average Bonchev–Trinajstić information content (AvgIpc) is 2.87. The van der Waals surface area contributed by atoms with Gasteiger partial charge in [0, 0.05) is 31.8 Å². The summed E-state index contributed by atoms with van der Waals surface area (Å²) >= 11 is 12.5. The summed E-state index contributed by atoms with van der Waals surface area (Å²) in [7, 11) is 0. The van der Waals surface area contributed by atoms with Gasteiger partial charge < -0.3 is 9.90 Å². The van der Waals surface area contributed by atoms with Crippen molar-refractivity contribution in [2.45, 2.75) is 6.92 Å². The maximum absolute atomic E-state index is 14.6. The molecule has 1 heterocycles. The second-order valence-corrected chi connectivity index (χ2v) is 6.76. The van der Waals surface area contributed by atoms with Crippen LogP contribution in [-0.4, -0.2) is 5.97 Å². The third-order valence-electron chi connectivity index (χ3n) is 3.48. The standard InChI is InChI=1S/C16H8Cl2F2O2S/c1-6-13(18)10(19)5-9(14(6)20)12-8-3-2-7(17)4-11(8)23-15(12)16(21)22/h2-5H,1H3,(H,21,22)/p-1. The van der Waals surface area contributed by atoms with E-state index in [1.54, 1.807) is 18.2 Å². The van der Waals surface area contributed by atoms with E-state index < -0.39 is 17.6 Å². The number of fused-ring (bicyclic) bond motifs is 1. The van der Waals surface area contributed by atoms with Gasteiger partial charge in [0.15, 0.2) is 0 Å². The van der Waals surface area contributed by atoms with E-state index in [4.69, 9.17) is 23.2 Å². The number of rotatable bonds is 2. The van der Waals surface area contributed by atoms with Gasteiger partial charge in [0.05, 0.1) is 15.9 Å². The fourth-order valence-corrected chi connectivity index (χ4v) is 3.86. The molecule has 0 saturated carbocycles. The number of carbonyl (C=O) groups is 1. The van der Waals surface area contributed by atoms with E-state index in [1.165, 1.54) is 6.92 Å². The Hall–Kier alpha value is -1.69. The van der Waals surface area contributed by atoms with Crippen molar-refractivity contribution in [3.8, 4) is 11.1 Å². The summed E-state index contributed by atoms with van der Waals surface area (Å²) in [4.78, 5) is 11.2. The molecule has 0 aliphatic rings. The number of thiophene rings is 1. The number of carboxylic acid groups (broad SMARTS) is 1. The van der Waals surface area contributed by atoms with Gasteiger partial charge in [-0.3, -0.25) is 0 Å². The van der Waals surface area contributed by atoms with Gasteiger partial charge in [0.2, 0.25) is 0 Å². The summed E-state index contributed by atoms with van der Waals surface area (Å²) in [5.41, 5.74) is -0.186. The molecule has 0 amide bonds. The lowest BCUT2D eigenvalue weighted by molar-refractivity contribution is -0.254. The zero-order chi connectivity index (χ0) is 16.9. The van der Waals surface area contributed by atoms with Crippen LogP contribution in [0, 0.1) is 18.6 Å². The largest absolute Gasteiger partial charge is 0.544 e. The minimum atomic E-state index is -1.47. The topological polar surface area (TPSA) is 40.1 Å². The van der Waals surface area contributed by atoms with Crippen LogP contribution < -0.4 is 5.11 Å². The number of carboxylic acids is 1. The predicted molar refractivity (Wildman–Crippen MR) is 86.3 cm³/mol. The normalized spacial score (nSPS) is 11.2. The third-order valence-corrected chi connectivity index (χ3v) is 5.31. The quantitative estimate of drug-likeness (QED) is 0.605. The van der Waals surface area contributed by atoms with Crippen LogP contribution in [0.3, 0.4) is 0 Å². The number of aromatic carboxylic acids is 1. The SMILES string of the molecule is Cc1c(F)c(-c2c(C(=O)[O-])sc3cc(Cl)ccc23)cc(F)c1Cl. The van der Waals surface area contributed by atoms with Crippen molar-refractivity contribution in [1.29, 1.82) is 0 Å². The Bertz CT molecular complexity index is 967.